The predicted molar refractivity (Wildman–Crippen MR) is 90.1 cm³/mol. The Morgan fingerprint density at radius 2 is 2.21 bits per heavy atom. The molecule has 24 heavy (non-hydrogen) atoms. The first-order valence-electron chi connectivity index (χ1n) is 7.86. The van der Waals surface area contributed by atoms with Crippen LogP contribution in [0.25, 0.3) is 0 Å². The van der Waals surface area contributed by atoms with Crippen molar-refractivity contribution in [2.24, 2.45) is 5.73 Å². The number of carbonyl (C=O) groups excluding carboxylic acids is 1. The molecule has 0 radical (unpaired) electrons. The van der Waals surface area contributed by atoms with E-state index >= 15 is 0 Å². The molecule has 1 aromatic heterocycles. The Balaban J connectivity index is 1.98. The van der Waals surface area contributed by atoms with Crippen molar-refractivity contribution in [3.63, 3.8) is 0 Å². The fraction of sp³-hybridized carbons (Fsp3) is 0.333. The largest absolute Gasteiger partial charge is 0.453 e. The second kappa shape index (κ2) is 7.88. The van der Waals surface area contributed by atoms with Crippen LogP contribution in [-0.4, -0.2) is 16.4 Å². The fourth-order valence-corrected chi connectivity index (χ4v) is 2.29. The van der Waals surface area contributed by atoms with E-state index in [4.69, 9.17) is 10.5 Å². The van der Waals surface area contributed by atoms with E-state index in [0.717, 1.165) is 6.42 Å². The molecule has 0 bridgehead atoms. The zero-order valence-corrected chi connectivity index (χ0v) is 13.9. The van der Waals surface area contributed by atoms with Gasteiger partial charge in [0.25, 0.3) is 0 Å². The van der Waals surface area contributed by atoms with E-state index in [-0.39, 0.29) is 18.2 Å². The van der Waals surface area contributed by atoms with Gasteiger partial charge in [-0.05, 0) is 43.2 Å². The van der Waals surface area contributed by atoms with Crippen LogP contribution in [0.1, 0.15) is 32.3 Å². The van der Waals surface area contributed by atoms with Gasteiger partial charge in [0.15, 0.2) is 11.6 Å². The number of benzene rings is 1. The number of hydrogen-bond donors (Lipinski definition) is 2. The summed E-state index contributed by atoms with van der Waals surface area (Å²) in [4.78, 5) is 16.0. The van der Waals surface area contributed by atoms with E-state index in [1.165, 1.54) is 18.3 Å². The molecule has 1 unspecified atom stereocenters. The van der Waals surface area contributed by atoms with Crippen LogP contribution < -0.4 is 15.8 Å². The Bertz CT molecular complexity index is 690. The van der Waals surface area contributed by atoms with Crippen molar-refractivity contribution in [3.8, 4) is 11.5 Å². The summed E-state index contributed by atoms with van der Waals surface area (Å²) in [7, 11) is 0. The summed E-state index contributed by atoms with van der Waals surface area (Å²) >= 11 is 0. The van der Waals surface area contributed by atoms with E-state index in [2.05, 4.69) is 10.3 Å². The van der Waals surface area contributed by atoms with Crippen LogP contribution in [0.5, 0.6) is 11.5 Å². The third kappa shape index (κ3) is 4.76. The molecule has 0 aliphatic rings. The lowest BCUT2D eigenvalue weighted by atomic mass is 9.96. The van der Waals surface area contributed by atoms with Gasteiger partial charge < -0.3 is 15.8 Å². The Labute approximate surface area is 141 Å². The molecule has 1 heterocycles. The topological polar surface area (TPSA) is 77.2 Å². The lowest BCUT2D eigenvalue weighted by Gasteiger charge is -2.22. The monoisotopic (exact) mass is 331 g/mol. The highest BCUT2D eigenvalue weighted by molar-refractivity contribution is 5.85. The van der Waals surface area contributed by atoms with Gasteiger partial charge in [-0.2, -0.15) is 0 Å². The predicted octanol–water partition coefficient (Wildman–Crippen LogP) is 3.15. The molecule has 0 aliphatic carbocycles. The van der Waals surface area contributed by atoms with Crippen molar-refractivity contribution < 1.29 is 13.9 Å². The van der Waals surface area contributed by atoms with E-state index in [1.807, 2.05) is 6.92 Å². The number of rotatable bonds is 7. The normalized spacial score (nSPS) is 13.2. The summed E-state index contributed by atoms with van der Waals surface area (Å²) in [5, 5.41) is 2.74. The number of hydrogen-bond acceptors (Lipinski definition) is 4. The molecule has 0 saturated heterocycles. The van der Waals surface area contributed by atoms with Gasteiger partial charge >= 0.3 is 0 Å². The van der Waals surface area contributed by atoms with E-state index in [1.54, 1.807) is 31.3 Å². The maximum Gasteiger partial charge on any atom is 0.240 e. The quantitative estimate of drug-likeness (QED) is 0.817. The average molecular weight is 331 g/mol. The molecule has 0 saturated carbocycles. The third-order valence-electron chi connectivity index (χ3n) is 3.60. The number of aromatic nitrogens is 1. The van der Waals surface area contributed by atoms with Gasteiger partial charge in [0, 0.05) is 12.7 Å². The third-order valence-corrected chi connectivity index (χ3v) is 3.60. The summed E-state index contributed by atoms with van der Waals surface area (Å²) in [6.45, 7) is 3.87. The van der Waals surface area contributed by atoms with Crippen molar-refractivity contribution >= 4 is 5.91 Å². The van der Waals surface area contributed by atoms with Crippen LogP contribution in [0.4, 0.5) is 4.39 Å². The summed E-state index contributed by atoms with van der Waals surface area (Å²) in [5.41, 5.74) is 5.67. The maximum absolute atomic E-state index is 14.1. The Morgan fingerprint density at radius 1 is 1.42 bits per heavy atom. The number of amides is 1. The SMILES string of the molecule is CCCC(C)(N)C(=O)NCc1ccc(Oc2cccnc2)c(F)c1. The molecular formula is C18H22FN3O2. The number of carbonyl (C=O) groups is 1. The van der Waals surface area contributed by atoms with Crippen molar-refractivity contribution in [3.05, 3.63) is 54.1 Å². The molecule has 3 N–H and O–H groups in total. The number of pyridine rings is 1. The Morgan fingerprint density at radius 3 is 2.83 bits per heavy atom. The van der Waals surface area contributed by atoms with Crippen LogP contribution in [-0.2, 0) is 11.3 Å². The van der Waals surface area contributed by atoms with Crippen molar-refractivity contribution in [2.75, 3.05) is 0 Å². The molecule has 2 rings (SSSR count). The Kier molecular flexibility index (Phi) is 5.87. The summed E-state index contributed by atoms with van der Waals surface area (Å²) in [5.74, 6) is -0.196. The van der Waals surface area contributed by atoms with Gasteiger partial charge in [0.2, 0.25) is 5.91 Å². The van der Waals surface area contributed by atoms with Gasteiger partial charge in [-0.3, -0.25) is 9.78 Å². The first-order chi connectivity index (χ1) is 11.4. The first-order valence-corrected chi connectivity index (χ1v) is 7.86. The van der Waals surface area contributed by atoms with Crippen LogP contribution in [0.15, 0.2) is 42.7 Å². The van der Waals surface area contributed by atoms with Crippen LogP contribution in [0.2, 0.25) is 0 Å². The summed E-state index contributed by atoms with van der Waals surface area (Å²) in [6, 6.07) is 7.95. The lowest BCUT2D eigenvalue weighted by Crippen LogP contribution is -2.51. The number of ether oxygens (including phenoxy) is 1. The zero-order valence-electron chi connectivity index (χ0n) is 13.9. The van der Waals surface area contributed by atoms with Gasteiger partial charge in [0.1, 0.15) is 5.75 Å². The fourth-order valence-electron chi connectivity index (χ4n) is 2.29. The molecular weight excluding hydrogens is 309 g/mol. The van der Waals surface area contributed by atoms with Gasteiger partial charge in [-0.1, -0.05) is 19.4 Å². The van der Waals surface area contributed by atoms with Gasteiger partial charge in [-0.25, -0.2) is 4.39 Å². The molecule has 1 atom stereocenters. The molecule has 0 fully saturated rings. The smallest absolute Gasteiger partial charge is 0.240 e. The van der Waals surface area contributed by atoms with Crippen molar-refractivity contribution in [1.29, 1.82) is 0 Å². The molecule has 0 spiro atoms. The molecule has 1 amide bonds. The number of nitrogens with zero attached hydrogens (tertiary/aromatic N) is 1. The molecule has 0 aliphatic heterocycles. The minimum atomic E-state index is -0.920. The molecule has 5 nitrogen and oxygen atoms in total. The number of halogens is 1. The summed E-state index contributed by atoms with van der Waals surface area (Å²) < 4.78 is 19.6. The van der Waals surface area contributed by atoms with Crippen molar-refractivity contribution in [2.45, 2.75) is 38.8 Å². The average Bonchev–Trinajstić information content (AvgIpc) is 2.55. The maximum atomic E-state index is 14.1. The van der Waals surface area contributed by atoms with Gasteiger partial charge in [0.05, 0.1) is 11.7 Å². The second-order valence-electron chi connectivity index (χ2n) is 5.91. The highest BCUT2D eigenvalue weighted by atomic mass is 19.1. The minimum absolute atomic E-state index is 0.104. The molecule has 6 heteroatoms. The highest BCUT2D eigenvalue weighted by Gasteiger charge is 2.26. The van der Waals surface area contributed by atoms with Crippen molar-refractivity contribution in [1.82, 2.24) is 10.3 Å². The minimum Gasteiger partial charge on any atom is -0.453 e. The number of nitrogens with one attached hydrogen (secondary N) is 1. The number of nitrogens with two attached hydrogens (primary N) is 1. The molecule has 2 aromatic rings. The lowest BCUT2D eigenvalue weighted by molar-refractivity contribution is -0.126. The molecule has 128 valence electrons. The molecule has 1 aromatic carbocycles. The van der Waals surface area contributed by atoms with Crippen LogP contribution >= 0.6 is 0 Å². The second-order valence-corrected chi connectivity index (χ2v) is 5.91. The highest BCUT2D eigenvalue weighted by Crippen LogP contribution is 2.24. The first kappa shape index (κ1) is 17.9. The zero-order chi connectivity index (χ0) is 17.6. The standard InChI is InChI=1S/C18H22FN3O2/c1-3-8-18(2,20)17(23)22-11-13-6-7-16(15(19)10-13)24-14-5-4-9-21-12-14/h4-7,9-10,12H,3,8,11,20H2,1-2H3,(H,22,23). The van der Waals surface area contributed by atoms with E-state index in [9.17, 15) is 9.18 Å². The van der Waals surface area contributed by atoms with Crippen LogP contribution in [0.3, 0.4) is 0 Å². The Hall–Kier alpha value is -2.47. The summed E-state index contributed by atoms with van der Waals surface area (Å²) in [6.07, 6.45) is 4.52. The van der Waals surface area contributed by atoms with E-state index in [0.29, 0.717) is 17.7 Å². The van der Waals surface area contributed by atoms with E-state index < -0.39 is 11.4 Å². The van der Waals surface area contributed by atoms with Gasteiger partial charge in [-0.15, -0.1) is 0 Å². The van der Waals surface area contributed by atoms with Crippen LogP contribution in [0, 0.1) is 5.82 Å².